The van der Waals surface area contributed by atoms with Gasteiger partial charge in [-0.1, -0.05) is 53.2 Å². The van der Waals surface area contributed by atoms with E-state index in [1.54, 1.807) is 23.1 Å². The highest BCUT2D eigenvalue weighted by atomic mass is 35.5. The lowest BCUT2D eigenvalue weighted by molar-refractivity contribution is 0.307. The normalized spacial score (nSPS) is 11.1. The third kappa shape index (κ3) is 5.71. The lowest BCUT2D eigenvalue weighted by Crippen LogP contribution is -2.04. The van der Waals surface area contributed by atoms with Crippen LogP contribution in [-0.4, -0.2) is 26.4 Å². The van der Waals surface area contributed by atoms with E-state index in [0.29, 0.717) is 6.61 Å². The molecule has 0 radical (unpaired) electrons. The van der Waals surface area contributed by atoms with E-state index in [2.05, 4.69) is 51.3 Å². The Hall–Kier alpha value is -2.35. The fourth-order valence-electron chi connectivity index (χ4n) is 3.22. The summed E-state index contributed by atoms with van der Waals surface area (Å²) in [6.45, 7) is 4.72. The average Bonchev–Trinajstić information content (AvgIpc) is 3.38. The first-order chi connectivity index (χ1) is 15.5. The van der Waals surface area contributed by atoms with Gasteiger partial charge in [0.05, 0.1) is 12.3 Å². The van der Waals surface area contributed by atoms with Crippen LogP contribution in [0.3, 0.4) is 0 Å². The zero-order valence-corrected chi connectivity index (χ0v) is 20.7. The smallest absolute Gasteiger partial charge is 0.191 e. The number of thiazole rings is 1. The van der Waals surface area contributed by atoms with E-state index < -0.39 is 0 Å². The first-order valence-corrected chi connectivity index (χ1v) is 12.7. The van der Waals surface area contributed by atoms with Crippen LogP contribution in [0.2, 0.25) is 5.02 Å². The molecule has 0 amide bonds. The maximum absolute atomic E-state index is 6.00. The van der Waals surface area contributed by atoms with Gasteiger partial charge in [0.15, 0.2) is 5.16 Å². The van der Waals surface area contributed by atoms with Crippen molar-refractivity contribution in [3.8, 4) is 16.3 Å². The summed E-state index contributed by atoms with van der Waals surface area (Å²) in [5.41, 5.74) is 4.52. The van der Waals surface area contributed by atoms with Crippen molar-refractivity contribution in [1.29, 1.82) is 0 Å². The Bertz CT molecular complexity index is 1190. The van der Waals surface area contributed by atoms with Crippen molar-refractivity contribution in [2.24, 2.45) is 7.05 Å². The van der Waals surface area contributed by atoms with Crippen molar-refractivity contribution in [3.63, 3.8) is 0 Å². The van der Waals surface area contributed by atoms with Crippen LogP contribution in [0.4, 0.5) is 0 Å². The molecule has 0 aliphatic rings. The summed E-state index contributed by atoms with van der Waals surface area (Å²) >= 11 is 9.34. The topological polar surface area (TPSA) is 52.8 Å². The molecule has 8 heteroatoms. The number of halogens is 1. The molecule has 2 heterocycles. The van der Waals surface area contributed by atoms with Crippen molar-refractivity contribution >= 4 is 34.7 Å². The van der Waals surface area contributed by atoms with E-state index in [-0.39, 0.29) is 0 Å². The number of thioether (sulfide) groups is 1. The van der Waals surface area contributed by atoms with Crippen LogP contribution in [0, 0.1) is 13.8 Å². The molecule has 0 atom stereocenters. The van der Waals surface area contributed by atoms with E-state index >= 15 is 0 Å². The standard InChI is InChI=1S/C24H25ClN4OS2/c1-16-6-8-18(9-7-16)23-26-20(14-31-23)15-32-24-28-27-22(29(24)3)5-4-12-30-21-11-10-19(25)13-17(21)2/h6-11,13-14H,4-5,12,15H2,1-3H3. The van der Waals surface area contributed by atoms with Gasteiger partial charge in [-0.25, -0.2) is 4.98 Å². The number of hydrogen-bond donors (Lipinski definition) is 0. The van der Waals surface area contributed by atoms with Crippen LogP contribution < -0.4 is 4.74 Å². The summed E-state index contributed by atoms with van der Waals surface area (Å²) in [7, 11) is 2.01. The molecule has 2 aromatic heterocycles. The van der Waals surface area contributed by atoms with Gasteiger partial charge in [-0.2, -0.15) is 0 Å². The highest BCUT2D eigenvalue weighted by molar-refractivity contribution is 7.98. The Morgan fingerprint density at radius 3 is 2.69 bits per heavy atom. The molecular weight excluding hydrogens is 460 g/mol. The van der Waals surface area contributed by atoms with Crippen molar-refractivity contribution in [1.82, 2.24) is 19.7 Å². The molecule has 5 nitrogen and oxygen atoms in total. The molecule has 0 saturated carbocycles. The summed E-state index contributed by atoms with van der Waals surface area (Å²) in [5.74, 6) is 2.60. The number of nitrogens with zero attached hydrogens (tertiary/aromatic N) is 4. The van der Waals surface area contributed by atoms with Gasteiger partial charge in [-0.05, 0) is 44.0 Å². The largest absolute Gasteiger partial charge is 0.493 e. The maximum atomic E-state index is 6.00. The molecule has 0 N–H and O–H groups in total. The molecule has 0 fully saturated rings. The molecular formula is C24H25ClN4OS2. The van der Waals surface area contributed by atoms with Gasteiger partial charge in [0.1, 0.15) is 16.6 Å². The third-order valence-corrected chi connectivity index (χ3v) is 7.29. The lowest BCUT2D eigenvalue weighted by atomic mass is 10.2. The fourth-order valence-corrected chi connectivity index (χ4v) is 5.20. The molecule has 2 aromatic carbocycles. The Morgan fingerprint density at radius 2 is 1.91 bits per heavy atom. The quantitative estimate of drug-likeness (QED) is 0.200. The molecule has 4 rings (SSSR count). The summed E-state index contributed by atoms with van der Waals surface area (Å²) in [6, 6.07) is 14.2. The summed E-state index contributed by atoms with van der Waals surface area (Å²) in [4.78, 5) is 4.78. The highest BCUT2D eigenvalue weighted by Gasteiger charge is 2.11. The van der Waals surface area contributed by atoms with Crippen LogP contribution in [0.25, 0.3) is 10.6 Å². The van der Waals surface area contributed by atoms with Crippen LogP contribution in [0.5, 0.6) is 5.75 Å². The second-order valence-electron chi connectivity index (χ2n) is 7.62. The summed E-state index contributed by atoms with van der Waals surface area (Å²) in [6.07, 6.45) is 1.68. The predicted octanol–water partition coefficient (Wildman–Crippen LogP) is 6.51. The number of rotatable bonds is 9. The first kappa shape index (κ1) is 22.8. The van der Waals surface area contributed by atoms with Gasteiger partial charge in [-0.3, -0.25) is 0 Å². The lowest BCUT2D eigenvalue weighted by Gasteiger charge is -2.09. The Labute approximate surface area is 201 Å². The van der Waals surface area contributed by atoms with Gasteiger partial charge in [0, 0.05) is 35.2 Å². The first-order valence-electron chi connectivity index (χ1n) is 10.4. The van der Waals surface area contributed by atoms with E-state index in [1.165, 1.54) is 5.56 Å². The highest BCUT2D eigenvalue weighted by Crippen LogP contribution is 2.28. The Morgan fingerprint density at radius 1 is 1.09 bits per heavy atom. The molecule has 0 spiro atoms. The van der Waals surface area contributed by atoms with Gasteiger partial charge >= 0.3 is 0 Å². The van der Waals surface area contributed by atoms with Crippen molar-refractivity contribution in [2.75, 3.05) is 6.61 Å². The number of ether oxygens (including phenoxy) is 1. The summed E-state index contributed by atoms with van der Waals surface area (Å²) in [5, 5.41) is 13.5. The van der Waals surface area contributed by atoms with Crippen molar-refractivity contribution in [3.05, 3.63) is 75.5 Å². The minimum Gasteiger partial charge on any atom is -0.493 e. The molecule has 166 valence electrons. The second kappa shape index (κ2) is 10.5. The molecule has 0 aliphatic heterocycles. The van der Waals surface area contributed by atoms with Crippen LogP contribution in [0.15, 0.2) is 53.0 Å². The minimum absolute atomic E-state index is 0.623. The zero-order chi connectivity index (χ0) is 22.5. The van der Waals surface area contributed by atoms with Crippen molar-refractivity contribution < 1.29 is 4.74 Å². The van der Waals surface area contributed by atoms with Gasteiger partial charge < -0.3 is 9.30 Å². The zero-order valence-electron chi connectivity index (χ0n) is 18.3. The molecule has 0 bridgehead atoms. The fraction of sp³-hybridized carbons (Fsp3) is 0.292. The van der Waals surface area contributed by atoms with Crippen molar-refractivity contribution in [2.45, 2.75) is 37.6 Å². The molecule has 0 unspecified atom stereocenters. The average molecular weight is 485 g/mol. The van der Waals surface area contributed by atoms with Gasteiger partial charge in [0.25, 0.3) is 0 Å². The number of aromatic nitrogens is 4. The number of aryl methyl sites for hydroxylation is 3. The monoisotopic (exact) mass is 484 g/mol. The molecule has 32 heavy (non-hydrogen) atoms. The number of benzene rings is 2. The second-order valence-corrected chi connectivity index (χ2v) is 9.86. The SMILES string of the molecule is Cc1ccc(-c2nc(CSc3nnc(CCCOc4ccc(Cl)cc4C)n3C)cs2)cc1. The predicted molar refractivity (Wildman–Crippen MR) is 133 cm³/mol. The Kier molecular flexibility index (Phi) is 7.50. The van der Waals surface area contributed by atoms with Crippen LogP contribution in [0.1, 0.15) is 29.1 Å². The third-order valence-electron chi connectivity index (χ3n) is 5.06. The van der Waals surface area contributed by atoms with E-state index in [1.807, 2.05) is 32.2 Å². The molecule has 0 saturated heterocycles. The van der Waals surface area contributed by atoms with Gasteiger partial charge in [0.2, 0.25) is 0 Å². The Balaban J connectivity index is 1.27. The van der Waals surface area contributed by atoms with E-state index in [4.69, 9.17) is 21.3 Å². The van der Waals surface area contributed by atoms with E-state index in [0.717, 1.165) is 62.2 Å². The summed E-state index contributed by atoms with van der Waals surface area (Å²) < 4.78 is 7.94. The van der Waals surface area contributed by atoms with Crippen LogP contribution in [-0.2, 0) is 19.2 Å². The number of hydrogen-bond acceptors (Lipinski definition) is 6. The van der Waals surface area contributed by atoms with Gasteiger partial charge in [-0.15, -0.1) is 21.5 Å². The van der Waals surface area contributed by atoms with E-state index in [9.17, 15) is 0 Å². The molecule has 0 aliphatic carbocycles. The minimum atomic E-state index is 0.623. The van der Waals surface area contributed by atoms with Crippen LogP contribution >= 0.6 is 34.7 Å². The maximum Gasteiger partial charge on any atom is 0.191 e. The molecule has 4 aromatic rings.